The Hall–Kier alpha value is -2.79. The van der Waals surface area contributed by atoms with Gasteiger partial charge in [0.05, 0.1) is 24.1 Å². The second-order valence-electron chi connectivity index (χ2n) is 8.60. The lowest BCUT2D eigenvalue weighted by Gasteiger charge is -2.37. The van der Waals surface area contributed by atoms with Crippen LogP contribution in [0.4, 0.5) is 0 Å². The molecule has 0 spiro atoms. The van der Waals surface area contributed by atoms with Crippen molar-refractivity contribution in [3.05, 3.63) is 77.1 Å². The number of rotatable bonds is 5. The number of nitrogens with zero attached hydrogens (tertiary/aromatic N) is 1. The fourth-order valence-corrected chi connectivity index (χ4v) is 5.38. The quantitative estimate of drug-likeness (QED) is 0.613. The minimum absolute atomic E-state index is 0.00407. The Morgan fingerprint density at radius 1 is 1.06 bits per heavy atom. The summed E-state index contributed by atoms with van der Waals surface area (Å²) >= 11 is 6.39. The van der Waals surface area contributed by atoms with Crippen molar-refractivity contribution < 1.29 is 19.1 Å². The van der Waals surface area contributed by atoms with Gasteiger partial charge < -0.3 is 14.4 Å². The predicted octanol–water partition coefficient (Wildman–Crippen LogP) is 4.80. The summed E-state index contributed by atoms with van der Waals surface area (Å²) in [5.41, 5.74) is 2.35. The summed E-state index contributed by atoms with van der Waals surface area (Å²) < 4.78 is 11.8. The van der Waals surface area contributed by atoms with Crippen LogP contribution in [0.2, 0.25) is 0 Å². The number of carbonyl (C=O) groups is 2. The Labute approximate surface area is 193 Å². The van der Waals surface area contributed by atoms with Gasteiger partial charge in [0.2, 0.25) is 0 Å². The molecule has 0 radical (unpaired) electrons. The molecule has 1 saturated carbocycles. The van der Waals surface area contributed by atoms with Crippen LogP contribution in [-0.4, -0.2) is 34.7 Å². The zero-order valence-corrected chi connectivity index (χ0v) is 18.8. The molecular weight excluding hydrogens is 426 g/mol. The highest BCUT2D eigenvalue weighted by molar-refractivity contribution is 6.21. The lowest BCUT2D eigenvalue weighted by Crippen LogP contribution is -2.41. The summed E-state index contributed by atoms with van der Waals surface area (Å²) in [7, 11) is 0. The van der Waals surface area contributed by atoms with E-state index in [9.17, 15) is 9.59 Å². The lowest BCUT2D eigenvalue weighted by molar-refractivity contribution is -0.135. The molecule has 1 amide bonds. The highest BCUT2D eigenvalue weighted by Crippen LogP contribution is 2.47. The first-order chi connectivity index (χ1) is 15.6. The molecule has 4 atom stereocenters. The number of carbonyl (C=O) groups excluding carboxylic acids is 2. The SMILES string of the molecule is CCOc1ccc(C2C3=C(OC4CCC(Cl)CC4C3=O)C(=O)N2Cc2ccccc2)cc1. The minimum atomic E-state index is -0.488. The molecule has 2 aromatic rings. The van der Waals surface area contributed by atoms with E-state index in [1.165, 1.54) is 0 Å². The Morgan fingerprint density at radius 2 is 1.81 bits per heavy atom. The van der Waals surface area contributed by atoms with Crippen molar-refractivity contribution in [2.75, 3.05) is 6.61 Å². The van der Waals surface area contributed by atoms with E-state index in [0.717, 1.165) is 23.3 Å². The maximum absolute atomic E-state index is 13.7. The number of alkyl halides is 1. The second-order valence-corrected chi connectivity index (χ2v) is 9.22. The summed E-state index contributed by atoms with van der Waals surface area (Å²) in [4.78, 5) is 29.0. The van der Waals surface area contributed by atoms with Crippen LogP contribution in [0.25, 0.3) is 0 Å². The van der Waals surface area contributed by atoms with Gasteiger partial charge in [-0.1, -0.05) is 42.5 Å². The molecule has 1 aliphatic carbocycles. The van der Waals surface area contributed by atoms with Gasteiger partial charge in [0, 0.05) is 11.9 Å². The van der Waals surface area contributed by atoms with Crippen molar-refractivity contribution in [2.24, 2.45) is 5.92 Å². The van der Waals surface area contributed by atoms with Gasteiger partial charge in [-0.15, -0.1) is 11.6 Å². The van der Waals surface area contributed by atoms with Crippen LogP contribution in [0.1, 0.15) is 43.4 Å². The number of halogens is 1. The van der Waals surface area contributed by atoms with Crippen molar-refractivity contribution >= 4 is 23.3 Å². The molecule has 2 aliphatic heterocycles. The van der Waals surface area contributed by atoms with E-state index < -0.39 is 6.04 Å². The Morgan fingerprint density at radius 3 is 2.53 bits per heavy atom. The third-order valence-corrected chi connectivity index (χ3v) is 6.98. The zero-order chi connectivity index (χ0) is 22.2. The van der Waals surface area contributed by atoms with Gasteiger partial charge in [-0.3, -0.25) is 9.59 Å². The van der Waals surface area contributed by atoms with Crippen molar-refractivity contribution in [1.29, 1.82) is 0 Å². The summed E-state index contributed by atoms with van der Waals surface area (Å²) in [6, 6.07) is 17.0. The molecule has 0 bridgehead atoms. The largest absolute Gasteiger partial charge is 0.494 e. The van der Waals surface area contributed by atoms with Gasteiger partial charge in [-0.25, -0.2) is 0 Å². The molecule has 2 aromatic carbocycles. The highest BCUT2D eigenvalue weighted by Gasteiger charge is 2.52. The molecular formula is C26H26ClNO4. The lowest BCUT2D eigenvalue weighted by atomic mass is 9.77. The molecule has 6 heteroatoms. The molecule has 5 rings (SSSR count). The number of ketones is 1. The molecule has 32 heavy (non-hydrogen) atoms. The normalized spacial score (nSPS) is 27.1. The Balaban J connectivity index is 1.55. The molecule has 1 fully saturated rings. The van der Waals surface area contributed by atoms with E-state index in [0.29, 0.717) is 31.6 Å². The first kappa shape index (κ1) is 21.1. The topological polar surface area (TPSA) is 55.8 Å². The van der Waals surface area contributed by atoms with Gasteiger partial charge in [0.1, 0.15) is 11.9 Å². The van der Waals surface area contributed by atoms with Crippen LogP contribution in [0.15, 0.2) is 65.9 Å². The average molecular weight is 452 g/mol. The maximum Gasteiger partial charge on any atom is 0.290 e. The van der Waals surface area contributed by atoms with Crippen LogP contribution in [0.5, 0.6) is 5.75 Å². The number of hydrogen-bond acceptors (Lipinski definition) is 4. The van der Waals surface area contributed by atoms with Crippen LogP contribution in [0.3, 0.4) is 0 Å². The van der Waals surface area contributed by atoms with Crippen molar-refractivity contribution in [1.82, 2.24) is 4.90 Å². The summed E-state index contributed by atoms with van der Waals surface area (Å²) in [5.74, 6) is 0.471. The van der Waals surface area contributed by atoms with E-state index in [1.54, 1.807) is 4.90 Å². The Kier molecular flexibility index (Phi) is 5.68. The van der Waals surface area contributed by atoms with Gasteiger partial charge in [-0.05, 0) is 49.4 Å². The number of Topliss-reactive ketones (excluding diaryl/α,β-unsaturated/α-hetero) is 1. The first-order valence-electron chi connectivity index (χ1n) is 11.2. The standard InChI is InChI=1S/C26H26ClNO4/c1-2-31-19-11-8-17(9-12-19)23-22-24(29)20-14-18(27)10-13-21(20)32-25(22)26(30)28(23)15-16-6-4-3-5-7-16/h3-9,11-12,18,20-21,23H,2,10,13-15H2,1H3. The van der Waals surface area contributed by atoms with Crippen LogP contribution in [-0.2, 0) is 20.9 Å². The maximum atomic E-state index is 13.7. The molecule has 4 unspecified atom stereocenters. The predicted molar refractivity (Wildman–Crippen MR) is 121 cm³/mol. The number of hydrogen-bond donors (Lipinski definition) is 0. The van der Waals surface area contributed by atoms with E-state index in [2.05, 4.69) is 0 Å². The number of fused-ring (bicyclic) bond motifs is 1. The Bertz CT molecular complexity index is 1050. The molecule has 2 heterocycles. The average Bonchev–Trinajstić information content (AvgIpc) is 3.08. The van der Waals surface area contributed by atoms with E-state index >= 15 is 0 Å². The summed E-state index contributed by atoms with van der Waals surface area (Å²) in [6.07, 6.45) is 1.81. The van der Waals surface area contributed by atoms with Gasteiger partial charge in [-0.2, -0.15) is 0 Å². The molecule has 3 aliphatic rings. The smallest absolute Gasteiger partial charge is 0.290 e. The van der Waals surface area contributed by atoms with Crippen molar-refractivity contribution in [3.8, 4) is 5.75 Å². The van der Waals surface area contributed by atoms with Gasteiger partial charge in [0.15, 0.2) is 11.5 Å². The van der Waals surface area contributed by atoms with Crippen LogP contribution in [0, 0.1) is 5.92 Å². The van der Waals surface area contributed by atoms with E-state index in [-0.39, 0.29) is 34.8 Å². The van der Waals surface area contributed by atoms with Gasteiger partial charge >= 0.3 is 0 Å². The molecule has 0 saturated heterocycles. The summed E-state index contributed by atoms with van der Waals surface area (Å²) in [6.45, 7) is 2.91. The molecule has 0 aromatic heterocycles. The zero-order valence-electron chi connectivity index (χ0n) is 18.0. The number of ether oxygens (including phenoxy) is 2. The molecule has 5 nitrogen and oxygen atoms in total. The monoisotopic (exact) mass is 451 g/mol. The fourth-order valence-electron chi connectivity index (χ4n) is 5.07. The van der Waals surface area contributed by atoms with Gasteiger partial charge in [0.25, 0.3) is 5.91 Å². The minimum Gasteiger partial charge on any atom is -0.494 e. The number of benzene rings is 2. The fraction of sp³-hybridized carbons (Fsp3) is 0.385. The molecule has 0 N–H and O–H groups in total. The van der Waals surface area contributed by atoms with E-state index in [1.807, 2.05) is 61.5 Å². The van der Waals surface area contributed by atoms with Crippen molar-refractivity contribution in [3.63, 3.8) is 0 Å². The van der Waals surface area contributed by atoms with E-state index in [4.69, 9.17) is 21.1 Å². The second kappa shape index (κ2) is 8.62. The first-order valence-corrected chi connectivity index (χ1v) is 11.7. The van der Waals surface area contributed by atoms with Crippen LogP contribution >= 0.6 is 11.6 Å². The van der Waals surface area contributed by atoms with Crippen molar-refractivity contribution in [2.45, 2.75) is 50.3 Å². The third-order valence-electron chi connectivity index (χ3n) is 6.58. The number of amides is 1. The third kappa shape index (κ3) is 3.69. The highest BCUT2D eigenvalue weighted by atomic mass is 35.5. The van der Waals surface area contributed by atoms with Crippen LogP contribution < -0.4 is 4.74 Å². The molecule has 166 valence electrons. The summed E-state index contributed by atoms with van der Waals surface area (Å²) in [5, 5.41) is -0.0348.